The molecular formula is C21H23N3O2. The van der Waals surface area contributed by atoms with Gasteiger partial charge in [0.05, 0.1) is 18.1 Å². The largest absolute Gasteiger partial charge is 0.497 e. The molecule has 26 heavy (non-hydrogen) atoms. The second kappa shape index (κ2) is 7.87. The molecule has 5 nitrogen and oxygen atoms in total. The predicted molar refractivity (Wildman–Crippen MR) is 104 cm³/mol. The molecule has 3 aromatic rings. The van der Waals surface area contributed by atoms with E-state index < -0.39 is 0 Å². The van der Waals surface area contributed by atoms with Crippen LogP contribution in [0, 0.1) is 6.92 Å². The Morgan fingerprint density at radius 2 is 2.00 bits per heavy atom. The molecule has 134 valence electrons. The molecule has 0 spiro atoms. The Hall–Kier alpha value is -3.08. The fraction of sp³-hybridized carbons (Fsp3) is 0.238. The van der Waals surface area contributed by atoms with E-state index in [1.54, 1.807) is 13.2 Å². The molecule has 0 radical (unpaired) electrons. The van der Waals surface area contributed by atoms with Gasteiger partial charge in [-0.2, -0.15) is 0 Å². The van der Waals surface area contributed by atoms with Gasteiger partial charge >= 0.3 is 0 Å². The van der Waals surface area contributed by atoms with E-state index in [0.717, 1.165) is 28.2 Å². The first-order valence-electron chi connectivity index (χ1n) is 8.59. The number of imidazole rings is 1. The molecule has 1 amide bonds. The average molecular weight is 349 g/mol. The molecule has 1 heterocycles. The van der Waals surface area contributed by atoms with Crippen molar-refractivity contribution >= 4 is 23.0 Å². The quantitative estimate of drug-likeness (QED) is 0.695. The summed E-state index contributed by atoms with van der Waals surface area (Å²) in [5.74, 6) is 1.61. The number of benzene rings is 2. The fourth-order valence-corrected chi connectivity index (χ4v) is 2.79. The zero-order valence-electron chi connectivity index (χ0n) is 15.3. The predicted octanol–water partition coefficient (Wildman–Crippen LogP) is 3.26. The first kappa shape index (κ1) is 17.7. The topological polar surface area (TPSA) is 56.1 Å². The lowest BCUT2D eigenvalue weighted by atomic mass is 10.1. The van der Waals surface area contributed by atoms with Gasteiger partial charge in [-0.25, -0.2) is 4.98 Å². The van der Waals surface area contributed by atoms with Crippen LogP contribution in [0.4, 0.5) is 0 Å². The summed E-state index contributed by atoms with van der Waals surface area (Å²) in [4.78, 5) is 16.6. The van der Waals surface area contributed by atoms with Crippen molar-refractivity contribution in [1.82, 2.24) is 14.9 Å². The van der Waals surface area contributed by atoms with Gasteiger partial charge in [-0.1, -0.05) is 29.8 Å². The third-order valence-electron chi connectivity index (χ3n) is 4.33. The van der Waals surface area contributed by atoms with Crippen molar-refractivity contribution in [2.75, 3.05) is 13.7 Å². The number of carbonyl (C=O) groups is 1. The normalized spacial score (nSPS) is 11.2. The number of aromatic nitrogens is 2. The Kier molecular flexibility index (Phi) is 5.37. The highest BCUT2D eigenvalue weighted by molar-refractivity contribution is 5.91. The summed E-state index contributed by atoms with van der Waals surface area (Å²) in [5, 5.41) is 2.90. The molecule has 1 N–H and O–H groups in total. The zero-order valence-corrected chi connectivity index (χ0v) is 15.3. The number of hydrogen-bond donors (Lipinski definition) is 1. The van der Waals surface area contributed by atoms with E-state index in [0.29, 0.717) is 13.0 Å². The first-order valence-corrected chi connectivity index (χ1v) is 8.59. The standard InChI is InChI=1S/C21H23N3O2/c1-15-4-6-16(7-5-15)8-11-21(25)22-13-12-20-23-18-14-17(26-3)9-10-19(18)24(20)2/h4-11,14H,12-13H2,1-3H3,(H,22,25)/b11-8+. The highest BCUT2D eigenvalue weighted by Crippen LogP contribution is 2.20. The Bertz CT molecular complexity index is 940. The van der Waals surface area contributed by atoms with Gasteiger partial charge in [-0.15, -0.1) is 0 Å². The molecule has 0 unspecified atom stereocenters. The molecule has 0 saturated heterocycles. The van der Waals surface area contributed by atoms with Crippen molar-refractivity contribution in [3.8, 4) is 5.75 Å². The smallest absolute Gasteiger partial charge is 0.244 e. The third kappa shape index (κ3) is 4.11. The van der Waals surface area contributed by atoms with Gasteiger partial charge in [-0.05, 0) is 30.7 Å². The molecule has 2 aromatic carbocycles. The van der Waals surface area contributed by atoms with E-state index in [2.05, 4.69) is 10.3 Å². The maximum Gasteiger partial charge on any atom is 0.244 e. The molecule has 0 atom stereocenters. The molecule has 0 aliphatic heterocycles. The molecule has 3 rings (SSSR count). The SMILES string of the molecule is COc1ccc2c(c1)nc(CCNC(=O)/C=C/c1ccc(C)cc1)n2C. The second-order valence-electron chi connectivity index (χ2n) is 6.23. The Labute approximate surface area is 153 Å². The number of hydrogen-bond acceptors (Lipinski definition) is 3. The van der Waals surface area contributed by atoms with E-state index in [-0.39, 0.29) is 5.91 Å². The minimum Gasteiger partial charge on any atom is -0.497 e. The van der Waals surface area contributed by atoms with Crippen LogP contribution in [0.1, 0.15) is 17.0 Å². The number of aryl methyl sites for hydroxylation is 2. The molecule has 0 bridgehead atoms. The number of nitrogens with one attached hydrogen (secondary N) is 1. The zero-order chi connectivity index (χ0) is 18.5. The van der Waals surface area contributed by atoms with Crippen LogP contribution in [0.15, 0.2) is 48.5 Å². The van der Waals surface area contributed by atoms with Crippen molar-refractivity contribution in [2.45, 2.75) is 13.3 Å². The summed E-state index contributed by atoms with van der Waals surface area (Å²) in [6.45, 7) is 2.57. The number of carbonyl (C=O) groups excluding carboxylic acids is 1. The summed E-state index contributed by atoms with van der Waals surface area (Å²) in [7, 11) is 3.63. The van der Waals surface area contributed by atoms with Crippen molar-refractivity contribution in [1.29, 1.82) is 0 Å². The molecule has 5 heteroatoms. The maximum atomic E-state index is 12.0. The van der Waals surface area contributed by atoms with E-state index >= 15 is 0 Å². The second-order valence-corrected chi connectivity index (χ2v) is 6.23. The average Bonchev–Trinajstić information content (AvgIpc) is 2.96. The van der Waals surface area contributed by atoms with Crippen LogP contribution in [-0.2, 0) is 18.3 Å². The lowest BCUT2D eigenvalue weighted by Crippen LogP contribution is -2.24. The fourth-order valence-electron chi connectivity index (χ4n) is 2.79. The van der Waals surface area contributed by atoms with E-state index in [1.807, 2.05) is 67.1 Å². The maximum absolute atomic E-state index is 12.0. The van der Waals surface area contributed by atoms with Crippen LogP contribution in [0.2, 0.25) is 0 Å². The highest BCUT2D eigenvalue weighted by atomic mass is 16.5. The van der Waals surface area contributed by atoms with Gasteiger partial charge < -0.3 is 14.6 Å². The minimum atomic E-state index is -0.106. The van der Waals surface area contributed by atoms with Crippen molar-refractivity contribution in [2.24, 2.45) is 7.05 Å². The summed E-state index contributed by atoms with van der Waals surface area (Å²) in [6.07, 6.45) is 4.04. The Morgan fingerprint density at radius 1 is 1.23 bits per heavy atom. The molecule has 0 fully saturated rings. The lowest BCUT2D eigenvalue weighted by molar-refractivity contribution is -0.116. The van der Waals surface area contributed by atoms with Gasteiger partial charge in [0.1, 0.15) is 11.6 Å². The number of nitrogens with zero attached hydrogens (tertiary/aromatic N) is 2. The van der Waals surface area contributed by atoms with E-state index in [1.165, 1.54) is 5.56 Å². The molecule has 0 aliphatic rings. The van der Waals surface area contributed by atoms with Crippen LogP contribution < -0.4 is 10.1 Å². The number of ether oxygens (including phenoxy) is 1. The monoisotopic (exact) mass is 349 g/mol. The first-order chi connectivity index (χ1) is 12.6. The van der Waals surface area contributed by atoms with E-state index in [4.69, 9.17) is 4.74 Å². The van der Waals surface area contributed by atoms with Crippen LogP contribution in [0.25, 0.3) is 17.1 Å². The van der Waals surface area contributed by atoms with Gasteiger partial charge in [0.15, 0.2) is 0 Å². The van der Waals surface area contributed by atoms with Gasteiger partial charge in [0, 0.05) is 32.2 Å². The van der Waals surface area contributed by atoms with Crippen molar-refractivity contribution < 1.29 is 9.53 Å². The minimum absolute atomic E-state index is 0.106. The molecule has 1 aromatic heterocycles. The molecule has 0 saturated carbocycles. The number of methoxy groups -OCH3 is 1. The van der Waals surface area contributed by atoms with Crippen LogP contribution in [-0.4, -0.2) is 29.1 Å². The summed E-state index contributed by atoms with van der Waals surface area (Å²) < 4.78 is 7.28. The summed E-state index contributed by atoms with van der Waals surface area (Å²) in [5.41, 5.74) is 4.15. The summed E-state index contributed by atoms with van der Waals surface area (Å²) in [6, 6.07) is 13.9. The highest BCUT2D eigenvalue weighted by Gasteiger charge is 2.08. The van der Waals surface area contributed by atoms with Crippen molar-refractivity contribution in [3.05, 3.63) is 65.5 Å². The lowest BCUT2D eigenvalue weighted by Gasteiger charge is -2.04. The van der Waals surface area contributed by atoms with Gasteiger partial charge in [0.2, 0.25) is 5.91 Å². The van der Waals surface area contributed by atoms with Crippen LogP contribution in [0.3, 0.4) is 0 Å². The molecular weight excluding hydrogens is 326 g/mol. The summed E-state index contributed by atoms with van der Waals surface area (Å²) >= 11 is 0. The van der Waals surface area contributed by atoms with Gasteiger partial charge in [-0.3, -0.25) is 4.79 Å². The van der Waals surface area contributed by atoms with Crippen LogP contribution >= 0.6 is 0 Å². The number of fused-ring (bicyclic) bond motifs is 1. The van der Waals surface area contributed by atoms with E-state index in [9.17, 15) is 4.79 Å². The number of amides is 1. The number of rotatable bonds is 6. The Balaban J connectivity index is 1.57. The Morgan fingerprint density at radius 3 is 2.73 bits per heavy atom. The van der Waals surface area contributed by atoms with Crippen LogP contribution in [0.5, 0.6) is 5.75 Å². The van der Waals surface area contributed by atoms with Crippen molar-refractivity contribution in [3.63, 3.8) is 0 Å². The molecule has 0 aliphatic carbocycles. The third-order valence-corrected chi connectivity index (χ3v) is 4.33. The van der Waals surface area contributed by atoms with Gasteiger partial charge in [0.25, 0.3) is 0 Å².